The predicted molar refractivity (Wildman–Crippen MR) is 203 cm³/mol. The smallest absolute Gasteiger partial charge is 0.133 e. The molecule has 0 fully saturated rings. The molecule has 1 aliphatic rings. The van der Waals surface area contributed by atoms with Crippen molar-refractivity contribution >= 4 is 70.5 Å². The highest BCUT2D eigenvalue weighted by Crippen LogP contribution is 2.37. The molecule has 226 valence electrons. The molecular weight excluding hydrogens is 583 g/mol. The molecule has 3 nitrogen and oxygen atoms in total. The van der Waals surface area contributed by atoms with Crippen molar-refractivity contribution in [3.63, 3.8) is 0 Å². The average molecular weight is 614 g/mol. The molecule has 0 bridgehead atoms. The molecular formula is C45H31N3. The third kappa shape index (κ3) is 4.29. The zero-order valence-electron chi connectivity index (χ0n) is 26.2. The van der Waals surface area contributed by atoms with Crippen LogP contribution >= 0.6 is 0 Å². The second-order valence-electron chi connectivity index (χ2n) is 12.8. The highest BCUT2D eigenvalue weighted by atomic mass is 15.3. The van der Waals surface area contributed by atoms with Crippen LogP contribution in [-0.4, -0.2) is 5.84 Å². The Balaban J connectivity index is 1.18. The van der Waals surface area contributed by atoms with Crippen LogP contribution in [-0.2, 0) is 0 Å². The van der Waals surface area contributed by atoms with Gasteiger partial charge in [0.25, 0.3) is 0 Å². The number of nitrogens with one attached hydrogen (secondary N) is 2. The van der Waals surface area contributed by atoms with Gasteiger partial charge in [0.2, 0.25) is 0 Å². The zero-order valence-corrected chi connectivity index (χ0v) is 26.2. The van der Waals surface area contributed by atoms with E-state index in [4.69, 9.17) is 4.99 Å². The Morgan fingerprint density at radius 1 is 0.375 bits per heavy atom. The van der Waals surface area contributed by atoms with Crippen molar-refractivity contribution in [1.29, 1.82) is 0 Å². The highest BCUT2D eigenvalue weighted by Gasteiger charge is 2.27. The Kier molecular flexibility index (Phi) is 6.08. The Morgan fingerprint density at radius 2 is 0.917 bits per heavy atom. The van der Waals surface area contributed by atoms with E-state index in [2.05, 4.69) is 174 Å². The van der Waals surface area contributed by atoms with Gasteiger partial charge in [-0.15, -0.1) is 0 Å². The van der Waals surface area contributed by atoms with Crippen LogP contribution < -0.4 is 10.6 Å². The van der Waals surface area contributed by atoms with Gasteiger partial charge in [-0.3, -0.25) is 5.32 Å². The summed E-state index contributed by atoms with van der Waals surface area (Å²) >= 11 is 0. The summed E-state index contributed by atoms with van der Waals surface area (Å²) in [5.74, 6) is 0.898. The van der Waals surface area contributed by atoms with Crippen LogP contribution in [0.25, 0.3) is 64.6 Å². The van der Waals surface area contributed by atoms with Crippen LogP contribution in [0.3, 0.4) is 0 Å². The quantitative estimate of drug-likeness (QED) is 0.154. The van der Waals surface area contributed by atoms with Crippen LogP contribution in [0.2, 0.25) is 0 Å². The first-order valence-corrected chi connectivity index (χ1v) is 16.6. The molecule has 0 amide bonds. The van der Waals surface area contributed by atoms with E-state index in [1.54, 1.807) is 0 Å². The van der Waals surface area contributed by atoms with Crippen molar-refractivity contribution in [3.8, 4) is 0 Å². The third-order valence-electron chi connectivity index (χ3n) is 10.1. The Hall–Kier alpha value is -6.03. The fraction of sp³-hybridized carbons (Fsp3) is 0.0444. The number of benzene rings is 9. The molecule has 1 aliphatic heterocycles. The second-order valence-corrected chi connectivity index (χ2v) is 12.8. The van der Waals surface area contributed by atoms with Gasteiger partial charge < -0.3 is 5.32 Å². The molecule has 0 aromatic heterocycles. The van der Waals surface area contributed by atoms with Crippen LogP contribution in [0.15, 0.2) is 169 Å². The number of hydrogen-bond acceptors (Lipinski definition) is 3. The summed E-state index contributed by atoms with van der Waals surface area (Å²) in [6, 6.07) is 59.3. The van der Waals surface area contributed by atoms with E-state index in [1.807, 2.05) is 0 Å². The fourth-order valence-corrected chi connectivity index (χ4v) is 7.77. The summed E-state index contributed by atoms with van der Waals surface area (Å²) in [4.78, 5) is 5.48. The lowest BCUT2D eigenvalue weighted by molar-refractivity contribution is 0.409. The van der Waals surface area contributed by atoms with Gasteiger partial charge in [-0.1, -0.05) is 152 Å². The highest BCUT2D eigenvalue weighted by molar-refractivity contribution is 6.24. The number of fused-ring (bicyclic) bond motifs is 9. The zero-order chi connectivity index (χ0) is 31.6. The largest absolute Gasteiger partial charge is 0.350 e. The van der Waals surface area contributed by atoms with Gasteiger partial charge in [0.15, 0.2) is 0 Å². The minimum absolute atomic E-state index is 0.128. The molecule has 9 aromatic carbocycles. The number of hydrogen-bond donors (Lipinski definition) is 2. The molecule has 0 saturated carbocycles. The molecule has 0 spiro atoms. The topological polar surface area (TPSA) is 36.4 Å². The Bertz CT molecular complexity index is 2750. The number of nitrogens with zero attached hydrogens (tertiary/aromatic N) is 1. The maximum absolute atomic E-state index is 5.48. The fourth-order valence-electron chi connectivity index (χ4n) is 7.77. The monoisotopic (exact) mass is 613 g/mol. The van der Waals surface area contributed by atoms with Crippen molar-refractivity contribution < 1.29 is 0 Å². The van der Waals surface area contributed by atoms with Crippen LogP contribution in [0.5, 0.6) is 0 Å². The lowest BCUT2D eigenvalue weighted by Gasteiger charge is -2.33. The standard InChI is InChI=1S/C45H31N3/c1-2-12-30(13-3-1)43-46-44(33-21-22-36-32(26-33)20-24-38-34-15-7-4-10-28(34)18-23-39(36)38)48-45(47-43)42-37-17-9-6-14-31(37)27-41-35-16-8-5-11-29(35)19-25-40(41)42/h1-27,43-44,46H,(H,47,48). The first-order valence-electron chi connectivity index (χ1n) is 16.6. The minimum atomic E-state index is -0.252. The SMILES string of the molecule is c1ccc(C2NC(c3c4ccccc4cc4c3ccc3ccccc34)=NC(c3ccc4c(ccc5c6ccccc6ccc45)c3)N2)cc1. The molecule has 9 aromatic rings. The first kappa shape index (κ1) is 27.1. The van der Waals surface area contributed by atoms with E-state index in [0.717, 1.165) is 17.0 Å². The van der Waals surface area contributed by atoms with E-state index in [-0.39, 0.29) is 12.3 Å². The molecule has 48 heavy (non-hydrogen) atoms. The maximum atomic E-state index is 5.48. The van der Waals surface area contributed by atoms with Crippen molar-refractivity contribution in [1.82, 2.24) is 10.6 Å². The van der Waals surface area contributed by atoms with E-state index < -0.39 is 0 Å². The number of amidine groups is 1. The van der Waals surface area contributed by atoms with Crippen LogP contribution in [0.4, 0.5) is 0 Å². The van der Waals surface area contributed by atoms with Gasteiger partial charge >= 0.3 is 0 Å². The minimum Gasteiger partial charge on any atom is -0.350 e. The lowest BCUT2D eigenvalue weighted by atomic mass is 9.92. The summed E-state index contributed by atoms with van der Waals surface area (Å²) in [7, 11) is 0. The van der Waals surface area contributed by atoms with Crippen molar-refractivity contribution in [2.24, 2.45) is 4.99 Å². The number of rotatable bonds is 3. The van der Waals surface area contributed by atoms with E-state index >= 15 is 0 Å². The summed E-state index contributed by atoms with van der Waals surface area (Å²) in [6.07, 6.45) is -0.380. The van der Waals surface area contributed by atoms with Gasteiger partial charge in [0.1, 0.15) is 18.2 Å². The first-order chi connectivity index (χ1) is 23.8. The summed E-state index contributed by atoms with van der Waals surface area (Å²) in [5, 5.41) is 22.6. The van der Waals surface area contributed by atoms with Crippen molar-refractivity contribution in [2.45, 2.75) is 12.3 Å². The third-order valence-corrected chi connectivity index (χ3v) is 10.1. The maximum Gasteiger partial charge on any atom is 0.133 e. The normalized spacial score (nSPS) is 16.5. The molecule has 0 saturated heterocycles. The molecule has 1 heterocycles. The van der Waals surface area contributed by atoms with Gasteiger partial charge in [0, 0.05) is 5.56 Å². The predicted octanol–water partition coefficient (Wildman–Crippen LogP) is 10.9. The van der Waals surface area contributed by atoms with Crippen molar-refractivity contribution in [3.05, 3.63) is 180 Å². The van der Waals surface area contributed by atoms with Gasteiger partial charge in [-0.25, -0.2) is 4.99 Å². The van der Waals surface area contributed by atoms with Gasteiger partial charge in [0.05, 0.1) is 0 Å². The van der Waals surface area contributed by atoms with Gasteiger partial charge in [-0.05, 0) is 87.9 Å². The van der Waals surface area contributed by atoms with E-state index in [0.29, 0.717) is 0 Å². The molecule has 0 aliphatic carbocycles. The Morgan fingerprint density at radius 3 is 1.67 bits per heavy atom. The molecule has 3 heteroatoms. The second kappa shape index (κ2) is 10.8. The average Bonchev–Trinajstić information content (AvgIpc) is 3.16. The summed E-state index contributed by atoms with van der Waals surface area (Å²) in [6.45, 7) is 0. The summed E-state index contributed by atoms with van der Waals surface area (Å²) in [5.41, 5.74) is 3.45. The molecule has 0 radical (unpaired) electrons. The molecule has 2 atom stereocenters. The van der Waals surface area contributed by atoms with E-state index in [1.165, 1.54) is 70.2 Å². The van der Waals surface area contributed by atoms with E-state index in [9.17, 15) is 0 Å². The molecule has 10 rings (SSSR count). The van der Waals surface area contributed by atoms with Crippen molar-refractivity contribution in [2.75, 3.05) is 0 Å². The van der Waals surface area contributed by atoms with Crippen LogP contribution in [0, 0.1) is 0 Å². The number of aliphatic imine (C=N–C) groups is 1. The Labute approximate surface area is 278 Å². The van der Waals surface area contributed by atoms with Crippen LogP contribution in [0.1, 0.15) is 29.0 Å². The lowest BCUT2D eigenvalue weighted by Crippen LogP contribution is -2.45. The molecule has 2 N–H and O–H groups in total. The summed E-state index contributed by atoms with van der Waals surface area (Å²) < 4.78 is 0. The molecule has 2 unspecified atom stereocenters. The van der Waals surface area contributed by atoms with Gasteiger partial charge in [-0.2, -0.15) is 0 Å².